The molecule has 0 aromatic carbocycles. The molecule has 6 heterocycles. The van der Waals surface area contributed by atoms with E-state index < -0.39 is 18.4 Å². The molecule has 492 valence electrons. The first-order valence-corrected chi connectivity index (χ1v) is 49.0. The molecular formula is C79H136O2S4Sn. The third kappa shape index (κ3) is 26.3. The van der Waals surface area contributed by atoms with E-state index in [1.54, 1.807) is 23.8 Å². The summed E-state index contributed by atoms with van der Waals surface area (Å²) in [5.41, 5.74) is 2.92. The van der Waals surface area contributed by atoms with E-state index in [1.165, 1.54) is 352 Å². The van der Waals surface area contributed by atoms with Crippen LogP contribution >= 0.6 is 45.3 Å². The number of fused-ring (bicyclic) bond motifs is 6. The summed E-state index contributed by atoms with van der Waals surface area (Å²) in [5, 5.41) is 4.51. The summed E-state index contributed by atoms with van der Waals surface area (Å²) < 4.78 is 21.0. The second-order valence-corrected chi connectivity index (χ2v) is 46.0. The average molecular weight is 1360 g/mol. The minimum atomic E-state index is -2.57. The molecular weight excluding hydrogens is 1230 g/mol. The van der Waals surface area contributed by atoms with Crippen molar-refractivity contribution in [3.63, 3.8) is 0 Å². The SMILES string of the molecule is CCCCCCCCCCCCC1(CCCCCCCCCCCC)Oc2cc(C)sc2-c2s[c]([Sn]([CH2]CCC)([CH2]CCC)[CH2]CCC)cc21.CCCCCCCCCCCCC1(CCCCCCCCCCCC)Oc2ccsc2-c2sccc21. The molecule has 4 aromatic rings. The van der Waals surface area contributed by atoms with Gasteiger partial charge in [-0.2, -0.15) is 0 Å². The van der Waals surface area contributed by atoms with Crippen LogP contribution in [0.3, 0.4) is 0 Å². The number of rotatable bonds is 54. The van der Waals surface area contributed by atoms with Gasteiger partial charge in [-0.1, -0.05) is 182 Å². The van der Waals surface area contributed by atoms with Crippen LogP contribution in [0.5, 0.6) is 11.5 Å². The first kappa shape index (κ1) is 75.9. The molecule has 0 amide bonds. The largest absolute Gasteiger partial charge is 0.481 e. The number of ether oxygens (including phenoxy) is 2. The van der Waals surface area contributed by atoms with E-state index >= 15 is 0 Å². The first-order valence-electron chi connectivity index (χ1n) is 38.1. The van der Waals surface area contributed by atoms with Gasteiger partial charge in [0.05, 0.1) is 9.75 Å². The van der Waals surface area contributed by atoms with Crippen LogP contribution in [0.15, 0.2) is 35.0 Å². The van der Waals surface area contributed by atoms with E-state index in [2.05, 4.69) is 102 Å². The van der Waals surface area contributed by atoms with Crippen LogP contribution in [0.4, 0.5) is 0 Å². The van der Waals surface area contributed by atoms with Crippen molar-refractivity contribution in [3.8, 4) is 31.0 Å². The molecule has 0 unspecified atom stereocenters. The van der Waals surface area contributed by atoms with Gasteiger partial charge >= 0.3 is 275 Å². The number of unbranched alkanes of at least 4 members (excludes halogenated alkanes) is 39. The van der Waals surface area contributed by atoms with Gasteiger partial charge in [-0.05, 0) is 48.6 Å². The summed E-state index contributed by atoms with van der Waals surface area (Å²) in [6.45, 7) is 18.8. The van der Waals surface area contributed by atoms with Crippen molar-refractivity contribution in [2.75, 3.05) is 0 Å². The third-order valence-electron chi connectivity index (χ3n) is 20.1. The van der Waals surface area contributed by atoms with Gasteiger partial charge in [0.15, 0.2) is 0 Å². The second kappa shape index (κ2) is 46.3. The van der Waals surface area contributed by atoms with Gasteiger partial charge in [0.25, 0.3) is 0 Å². The van der Waals surface area contributed by atoms with Crippen molar-refractivity contribution in [3.05, 3.63) is 51.0 Å². The molecule has 0 N–H and O–H groups in total. The number of aryl methyl sites for hydroxylation is 1. The number of hydrogen-bond donors (Lipinski definition) is 0. The molecule has 0 bridgehead atoms. The molecule has 0 fully saturated rings. The maximum absolute atomic E-state index is 7.44. The van der Waals surface area contributed by atoms with Gasteiger partial charge in [0, 0.05) is 5.56 Å². The summed E-state index contributed by atoms with van der Waals surface area (Å²) >= 11 is 5.50. The fourth-order valence-electron chi connectivity index (χ4n) is 14.7. The van der Waals surface area contributed by atoms with Gasteiger partial charge in [0.1, 0.15) is 11.4 Å². The van der Waals surface area contributed by atoms with E-state index in [1.807, 2.05) is 36.9 Å². The Morgan fingerprint density at radius 1 is 0.314 bits per heavy atom. The number of thiophene rings is 4. The normalized spacial score (nSPS) is 13.9. The van der Waals surface area contributed by atoms with Crippen LogP contribution in [0.1, 0.15) is 386 Å². The fourth-order valence-corrected chi connectivity index (χ4v) is 38.1. The maximum atomic E-state index is 7.44. The van der Waals surface area contributed by atoms with E-state index in [4.69, 9.17) is 9.47 Å². The van der Waals surface area contributed by atoms with Gasteiger partial charge in [-0.3, -0.25) is 0 Å². The average Bonchev–Trinajstić information content (AvgIpc) is 1.91. The van der Waals surface area contributed by atoms with Crippen molar-refractivity contribution >= 4 is 66.6 Å². The van der Waals surface area contributed by atoms with E-state index in [0.717, 1.165) is 5.75 Å². The zero-order valence-electron chi connectivity index (χ0n) is 57.9. The molecule has 7 heteroatoms. The van der Waals surface area contributed by atoms with Crippen LogP contribution in [-0.2, 0) is 11.2 Å². The second-order valence-electron chi connectivity index (χ2n) is 27.7. The van der Waals surface area contributed by atoms with Crippen LogP contribution in [-0.4, -0.2) is 18.4 Å². The molecule has 0 saturated heterocycles. The van der Waals surface area contributed by atoms with Crippen molar-refractivity contribution in [2.24, 2.45) is 0 Å². The molecule has 4 aromatic heterocycles. The summed E-state index contributed by atoms with van der Waals surface area (Å²) in [6, 6.07) is 9.85. The van der Waals surface area contributed by atoms with Crippen molar-refractivity contribution in [1.82, 2.24) is 0 Å². The van der Waals surface area contributed by atoms with Crippen molar-refractivity contribution in [1.29, 1.82) is 0 Å². The van der Waals surface area contributed by atoms with E-state index in [9.17, 15) is 0 Å². The Balaban J connectivity index is 0.000000331. The van der Waals surface area contributed by atoms with E-state index in [0.29, 0.717) is 0 Å². The zero-order valence-corrected chi connectivity index (χ0v) is 64.0. The number of hydrogen-bond acceptors (Lipinski definition) is 6. The quantitative estimate of drug-likeness (QED) is 0.0324. The molecule has 2 nitrogen and oxygen atoms in total. The summed E-state index contributed by atoms with van der Waals surface area (Å²) in [5.74, 6) is 2.37. The molecule has 2 aliphatic rings. The van der Waals surface area contributed by atoms with Gasteiger partial charge in [0.2, 0.25) is 0 Å². The minimum Gasteiger partial charge on any atom is -0.481 e. The Hall–Kier alpha value is -0.801. The Morgan fingerprint density at radius 2 is 0.640 bits per heavy atom. The smallest absolute Gasteiger partial charge is 0.140 e. The molecule has 6 rings (SSSR count). The summed E-state index contributed by atoms with van der Waals surface area (Å²) in [4.78, 5) is 7.38. The topological polar surface area (TPSA) is 18.5 Å². The standard InChI is InChI=1S/C34H55OS2.C33H54OS2.3C4H9.Sn/c1-4-6-8-10-12-14-16-18-20-22-25-34(26-23-21-19-17-15-13-11-9-7-5-2)30-24-27-36-32(30)33-31(35-34)28-29(3)37-33;1-3-5-7-9-11-13-15-17-19-21-25-33(26-22-20-18-16-14-12-10-8-6-4-2)29-23-27-35-31(29)32-30(34-33)24-28-36-32;3*1-3-4-2;/h24,28H,4-23,25-26H2,1-3H3;23-24,27-28H,3-22,25-26H2,1-2H3;3*1,3-4H2,2H3;. The van der Waals surface area contributed by atoms with Crippen molar-refractivity contribution in [2.45, 2.75) is 401 Å². The molecule has 2 aliphatic heterocycles. The van der Waals surface area contributed by atoms with Crippen LogP contribution in [0.2, 0.25) is 13.3 Å². The van der Waals surface area contributed by atoms with Crippen LogP contribution in [0, 0.1) is 6.92 Å². The summed E-state index contributed by atoms with van der Waals surface area (Å²) in [7, 11) is 0. The molecule has 86 heavy (non-hydrogen) atoms. The predicted octanol–water partition coefficient (Wildman–Crippen LogP) is 29.7. The molecule has 0 aliphatic carbocycles. The van der Waals surface area contributed by atoms with E-state index in [-0.39, 0.29) is 11.2 Å². The Kier molecular flexibility index (Phi) is 40.9. The Bertz CT molecular complexity index is 2170. The molecule has 0 spiro atoms. The van der Waals surface area contributed by atoms with Gasteiger partial charge in [-0.15, -0.1) is 22.7 Å². The molecule has 0 radical (unpaired) electrons. The van der Waals surface area contributed by atoms with Gasteiger partial charge < -0.3 is 4.74 Å². The first-order chi connectivity index (χ1) is 42.3. The Morgan fingerprint density at radius 3 is 1.02 bits per heavy atom. The monoisotopic (exact) mass is 1360 g/mol. The minimum absolute atomic E-state index is 0.0935. The summed E-state index contributed by atoms with van der Waals surface area (Å²) in [6.07, 6.45) is 69.1. The predicted molar refractivity (Wildman–Crippen MR) is 395 cm³/mol. The Labute approximate surface area is 554 Å². The van der Waals surface area contributed by atoms with Gasteiger partial charge in [-0.25, -0.2) is 0 Å². The third-order valence-corrected chi connectivity index (χ3v) is 42.7. The maximum Gasteiger partial charge on any atom is 0.140 e. The van der Waals surface area contributed by atoms with Crippen LogP contribution < -0.4 is 12.4 Å². The van der Waals surface area contributed by atoms with Crippen LogP contribution in [0.25, 0.3) is 19.5 Å². The molecule has 0 saturated carbocycles. The van der Waals surface area contributed by atoms with Crippen molar-refractivity contribution < 1.29 is 9.47 Å². The molecule has 0 atom stereocenters. The fraction of sp³-hybridized carbons (Fsp3) is 0.797. The zero-order chi connectivity index (χ0) is 61.2.